The Balaban J connectivity index is 1.92. The molecule has 2 N–H and O–H groups in total. The highest BCUT2D eigenvalue weighted by Crippen LogP contribution is 2.21. The second-order valence-corrected chi connectivity index (χ2v) is 9.58. The van der Waals surface area contributed by atoms with Gasteiger partial charge in [-0.3, -0.25) is 9.59 Å². The van der Waals surface area contributed by atoms with Crippen molar-refractivity contribution in [3.8, 4) is 0 Å². The van der Waals surface area contributed by atoms with E-state index in [2.05, 4.69) is 10.0 Å². The molecule has 1 heterocycles. The first-order chi connectivity index (χ1) is 12.5. The molecule has 2 rings (SSSR count). The molecule has 7 nitrogen and oxygen atoms in total. The predicted octanol–water partition coefficient (Wildman–Crippen LogP) is 1.75. The van der Waals surface area contributed by atoms with Crippen molar-refractivity contribution in [3.05, 3.63) is 29.8 Å². The minimum absolute atomic E-state index is 0.00619. The molecule has 1 aromatic rings. The van der Waals surface area contributed by atoms with Crippen molar-refractivity contribution < 1.29 is 18.0 Å². The van der Waals surface area contributed by atoms with E-state index in [1.807, 2.05) is 25.7 Å². The van der Waals surface area contributed by atoms with Crippen LogP contribution in [-0.2, 0) is 14.8 Å². The fourth-order valence-electron chi connectivity index (χ4n) is 3.03. The van der Waals surface area contributed by atoms with Crippen molar-refractivity contribution in [1.29, 1.82) is 0 Å². The van der Waals surface area contributed by atoms with Gasteiger partial charge in [-0.25, -0.2) is 13.1 Å². The lowest BCUT2D eigenvalue weighted by atomic mass is 9.93. The highest BCUT2D eigenvalue weighted by atomic mass is 32.2. The van der Waals surface area contributed by atoms with Gasteiger partial charge in [0, 0.05) is 36.7 Å². The van der Waals surface area contributed by atoms with Crippen LogP contribution in [0, 0.1) is 5.41 Å². The van der Waals surface area contributed by atoms with Gasteiger partial charge in [0.15, 0.2) is 0 Å². The highest BCUT2D eigenvalue weighted by molar-refractivity contribution is 7.89. The molecule has 1 fully saturated rings. The largest absolute Gasteiger partial charge is 0.349 e. The lowest BCUT2D eigenvalue weighted by molar-refractivity contribution is -0.140. The monoisotopic (exact) mass is 395 g/mol. The van der Waals surface area contributed by atoms with Gasteiger partial charge in [-0.1, -0.05) is 27.7 Å². The average Bonchev–Trinajstić information content (AvgIpc) is 2.61. The summed E-state index contributed by atoms with van der Waals surface area (Å²) in [7, 11) is -3.53. The number of nitrogens with one attached hydrogen (secondary N) is 2. The maximum atomic E-state index is 12.4. The second-order valence-electron chi connectivity index (χ2n) is 7.82. The lowest BCUT2D eigenvalue weighted by Crippen LogP contribution is -2.49. The van der Waals surface area contributed by atoms with Crippen LogP contribution in [0.2, 0.25) is 0 Å². The zero-order valence-electron chi connectivity index (χ0n) is 16.4. The van der Waals surface area contributed by atoms with E-state index < -0.39 is 15.4 Å². The van der Waals surface area contributed by atoms with Gasteiger partial charge >= 0.3 is 0 Å². The summed E-state index contributed by atoms with van der Waals surface area (Å²) in [5.41, 5.74) is 0.0174. The van der Waals surface area contributed by atoms with Gasteiger partial charge in [0.05, 0.1) is 4.90 Å². The molecule has 0 atom stereocenters. The number of nitrogens with zero attached hydrogens (tertiary/aromatic N) is 1. The smallest absolute Gasteiger partial charge is 0.251 e. The molecule has 1 aromatic carbocycles. The van der Waals surface area contributed by atoms with Crippen LogP contribution in [0.5, 0.6) is 0 Å². The number of rotatable bonds is 5. The second kappa shape index (κ2) is 8.39. The first kappa shape index (κ1) is 21.4. The van der Waals surface area contributed by atoms with E-state index in [0.717, 1.165) is 0 Å². The first-order valence-electron chi connectivity index (χ1n) is 9.24. The number of benzene rings is 1. The zero-order chi connectivity index (χ0) is 20.2. The van der Waals surface area contributed by atoms with Crippen molar-refractivity contribution in [2.24, 2.45) is 5.41 Å². The normalized spacial score (nSPS) is 16.2. The van der Waals surface area contributed by atoms with Crippen LogP contribution in [0.3, 0.4) is 0 Å². The number of piperidine rings is 1. The molecular formula is C19H29N3O4S. The molecule has 2 amide bonds. The minimum Gasteiger partial charge on any atom is -0.349 e. The van der Waals surface area contributed by atoms with Crippen molar-refractivity contribution in [1.82, 2.24) is 14.9 Å². The Kier molecular flexibility index (Phi) is 6.64. The van der Waals surface area contributed by atoms with E-state index in [9.17, 15) is 18.0 Å². The van der Waals surface area contributed by atoms with Gasteiger partial charge in [-0.15, -0.1) is 0 Å². The predicted molar refractivity (Wildman–Crippen MR) is 104 cm³/mol. The quantitative estimate of drug-likeness (QED) is 0.794. The summed E-state index contributed by atoms with van der Waals surface area (Å²) in [6.45, 7) is 8.98. The Morgan fingerprint density at radius 3 is 2.15 bits per heavy atom. The molecule has 150 valence electrons. The standard InChI is InChI=1S/C19H29N3O4S/c1-5-20-27(25,26)16-8-6-14(7-9-16)17(23)21-15-10-12-22(13-11-15)18(24)19(2,3)4/h6-9,15,20H,5,10-13H2,1-4H3,(H,21,23). The number of carbonyl (C=O) groups is 2. The summed E-state index contributed by atoms with van der Waals surface area (Å²) in [5.74, 6) is -0.104. The Hall–Kier alpha value is -1.93. The number of hydrogen-bond donors (Lipinski definition) is 2. The van der Waals surface area contributed by atoms with Gasteiger partial charge in [-0.2, -0.15) is 0 Å². The Morgan fingerprint density at radius 1 is 1.11 bits per heavy atom. The molecule has 0 spiro atoms. The van der Waals surface area contributed by atoms with Crippen molar-refractivity contribution in [3.63, 3.8) is 0 Å². The van der Waals surface area contributed by atoms with Crippen LogP contribution < -0.4 is 10.0 Å². The maximum Gasteiger partial charge on any atom is 0.251 e. The molecule has 0 unspecified atom stereocenters. The third-order valence-corrected chi connectivity index (χ3v) is 6.08. The molecule has 1 aliphatic rings. The van der Waals surface area contributed by atoms with Crippen LogP contribution in [0.1, 0.15) is 50.9 Å². The number of amides is 2. The number of likely N-dealkylation sites (tertiary alicyclic amines) is 1. The molecule has 27 heavy (non-hydrogen) atoms. The van der Waals surface area contributed by atoms with Crippen LogP contribution in [0.25, 0.3) is 0 Å². The molecular weight excluding hydrogens is 366 g/mol. The van der Waals surface area contributed by atoms with Gasteiger partial charge in [-0.05, 0) is 37.1 Å². The van der Waals surface area contributed by atoms with E-state index in [0.29, 0.717) is 38.0 Å². The van der Waals surface area contributed by atoms with Gasteiger partial charge in [0.25, 0.3) is 5.91 Å². The lowest BCUT2D eigenvalue weighted by Gasteiger charge is -2.36. The SMILES string of the molecule is CCNS(=O)(=O)c1ccc(C(=O)NC2CCN(C(=O)C(C)(C)C)CC2)cc1. The molecule has 0 bridgehead atoms. The summed E-state index contributed by atoms with van der Waals surface area (Å²) < 4.78 is 26.3. The fraction of sp³-hybridized carbons (Fsp3) is 0.579. The van der Waals surface area contributed by atoms with Gasteiger partial charge < -0.3 is 10.2 Å². The Morgan fingerprint density at radius 2 is 1.67 bits per heavy atom. The van der Waals surface area contributed by atoms with Crippen LogP contribution in [0.4, 0.5) is 0 Å². The van der Waals surface area contributed by atoms with Gasteiger partial charge in [0.1, 0.15) is 0 Å². The first-order valence-corrected chi connectivity index (χ1v) is 10.7. The molecule has 0 aliphatic carbocycles. The number of carbonyl (C=O) groups excluding carboxylic acids is 2. The molecule has 0 saturated carbocycles. The highest BCUT2D eigenvalue weighted by Gasteiger charge is 2.30. The molecule has 8 heteroatoms. The van der Waals surface area contributed by atoms with E-state index >= 15 is 0 Å². The van der Waals surface area contributed by atoms with Crippen LogP contribution in [0.15, 0.2) is 29.2 Å². The van der Waals surface area contributed by atoms with Crippen LogP contribution in [-0.4, -0.2) is 50.8 Å². The van der Waals surface area contributed by atoms with Crippen molar-refractivity contribution in [2.75, 3.05) is 19.6 Å². The summed E-state index contributed by atoms with van der Waals surface area (Å²) >= 11 is 0. The fourth-order valence-corrected chi connectivity index (χ4v) is 4.07. The van der Waals surface area contributed by atoms with E-state index in [1.54, 1.807) is 6.92 Å². The Labute approximate surface area is 161 Å². The molecule has 1 aliphatic heterocycles. The Bertz CT molecular complexity index is 774. The maximum absolute atomic E-state index is 12.4. The summed E-state index contributed by atoms with van der Waals surface area (Å²) in [6, 6.07) is 5.89. The van der Waals surface area contributed by atoms with E-state index in [1.165, 1.54) is 24.3 Å². The summed E-state index contributed by atoms with van der Waals surface area (Å²) in [6.07, 6.45) is 1.42. The van der Waals surface area contributed by atoms with Crippen LogP contribution >= 0.6 is 0 Å². The van der Waals surface area contributed by atoms with Gasteiger partial charge in [0.2, 0.25) is 15.9 Å². The van der Waals surface area contributed by atoms with E-state index in [-0.39, 0.29) is 22.8 Å². The molecule has 0 aromatic heterocycles. The number of hydrogen-bond acceptors (Lipinski definition) is 4. The average molecular weight is 396 g/mol. The van der Waals surface area contributed by atoms with Crippen molar-refractivity contribution >= 4 is 21.8 Å². The molecule has 0 radical (unpaired) electrons. The van der Waals surface area contributed by atoms with E-state index in [4.69, 9.17) is 0 Å². The number of sulfonamides is 1. The van der Waals surface area contributed by atoms with Crippen molar-refractivity contribution in [2.45, 2.75) is 51.5 Å². The summed E-state index contributed by atoms with van der Waals surface area (Å²) in [5, 5.41) is 2.97. The minimum atomic E-state index is -3.53. The zero-order valence-corrected chi connectivity index (χ0v) is 17.2. The third-order valence-electron chi connectivity index (χ3n) is 4.52. The molecule has 1 saturated heterocycles. The topological polar surface area (TPSA) is 95.6 Å². The third kappa shape index (κ3) is 5.52. The summed E-state index contributed by atoms with van der Waals surface area (Å²) in [4.78, 5) is 26.7.